The number of amides is 2. The molecule has 0 radical (unpaired) electrons. The Hall–Kier alpha value is -3.07. The zero-order valence-electron chi connectivity index (χ0n) is 23.6. The Morgan fingerprint density at radius 2 is 1.56 bits per heavy atom. The summed E-state index contributed by atoms with van der Waals surface area (Å²) in [5.41, 5.74) is 2.10. The molecule has 1 N–H and O–H groups in total. The Labute approximate surface area is 253 Å². The quantitative estimate of drug-likeness (QED) is 0.237. The fraction of sp³-hybridized carbons (Fsp3) is 0.355. The van der Waals surface area contributed by atoms with Gasteiger partial charge in [-0.15, -0.1) is 0 Å². The monoisotopic (exact) mass is 617 g/mol. The normalized spacial score (nSPS) is 12.8. The Balaban J connectivity index is 1.89. The molecule has 3 aromatic rings. The Kier molecular flexibility index (Phi) is 12.1. The van der Waals surface area contributed by atoms with Crippen molar-refractivity contribution in [3.63, 3.8) is 0 Å². The SMILES string of the molecule is CC[C@@H](C)NC(=O)[C@@H](Cc1ccccc1)N(Cc1ccccc1Cl)C(=O)CCCN(c1ccc(Cl)cc1)S(C)(=O)=O. The van der Waals surface area contributed by atoms with Crippen LogP contribution in [0.15, 0.2) is 78.9 Å². The Bertz CT molecular complexity index is 1400. The van der Waals surface area contributed by atoms with Crippen LogP contribution in [-0.2, 0) is 32.6 Å². The van der Waals surface area contributed by atoms with Crippen LogP contribution in [-0.4, -0.2) is 50.0 Å². The average molecular weight is 619 g/mol. The van der Waals surface area contributed by atoms with Crippen LogP contribution in [0.25, 0.3) is 0 Å². The van der Waals surface area contributed by atoms with E-state index in [2.05, 4.69) is 5.32 Å². The van der Waals surface area contributed by atoms with Gasteiger partial charge in [-0.3, -0.25) is 13.9 Å². The molecule has 0 aliphatic carbocycles. The third kappa shape index (κ3) is 9.76. The third-order valence-corrected chi connectivity index (χ3v) is 8.65. The maximum atomic E-state index is 13.9. The second-order valence-corrected chi connectivity index (χ2v) is 12.8. The molecule has 0 heterocycles. The van der Waals surface area contributed by atoms with Crippen LogP contribution in [0, 0.1) is 0 Å². The van der Waals surface area contributed by atoms with E-state index in [1.165, 1.54) is 4.31 Å². The highest BCUT2D eigenvalue weighted by atomic mass is 35.5. The number of carbonyl (C=O) groups excluding carboxylic acids is 2. The largest absolute Gasteiger partial charge is 0.352 e. The molecule has 3 aromatic carbocycles. The van der Waals surface area contributed by atoms with Crippen LogP contribution in [0.1, 0.15) is 44.2 Å². The van der Waals surface area contributed by atoms with Crippen molar-refractivity contribution < 1.29 is 18.0 Å². The summed E-state index contributed by atoms with van der Waals surface area (Å²) in [5.74, 6) is -0.516. The highest BCUT2D eigenvalue weighted by Crippen LogP contribution is 2.23. The van der Waals surface area contributed by atoms with Gasteiger partial charge in [0.1, 0.15) is 6.04 Å². The van der Waals surface area contributed by atoms with Gasteiger partial charge in [-0.25, -0.2) is 8.42 Å². The lowest BCUT2D eigenvalue weighted by molar-refractivity contribution is -0.141. The molecule has 0 bridgehead atoms. The van der Waals surface area contributed by atoms with Gasteiger partial charge in [0.25, 0.3) is 0 Å². The summed E-state index contributed by atoms with van der Waals surface area (Å²) in [6.45, 7) is 4.14. The van der Waals surface area contributed by atoms with E-state index in [-0.39, 0.29) is 43.8 Å². The second kappa shape index (κ2) is 15.2. The van der Waals surface area contributed by atoms with Crippen molar-refractivity contribution in [2.45, 2.75) is 58.2 Å². The van der Waals surface area contributed by atoms with E-state index in [1.807, 2.05) is 62.4 Å². The lowest BCUT2D eigenvalue weighted by Crippen LogP contribution is -2.52. The van der Waals surface area contributed by atoms with Crippen molar-refractivity contribution in [1.29, 1.82) is 0 Å². The van der Waals surface area contributed by atoms with Gasteiger partial charge in [0.15, 0.2) is 0 Å². The summed E-state index contributed by atoms with van der Waals surface area (Å²) < 4.78 is 26.4. The van der Waals surface area contributed by atoms with Crippen molar-refractivity contribution >= 4 is 50.7 Å². The topological polar surface area (TPSA) is 86.8 Å². The summed E-state index contributed by atoms with van der Waals surface area (Å²) in [7, 11) is -3.61. The minimum atomic E-state index is -3.61. The van der Waals surface area contributed by atoms with E-state index < -0.39 is 16.1 Å². The predicted molar refractivity (Wildman–Crippen MR) is 167 cm³/mol. The number of carbonyl (C=O) groups is 2. The molecule has 2 amide bonds. The summed E-state index contributed by atoms with van der Waals surface area (Å²) in [4.78, 5) is 29.1. The molecular weight excluding hydrogens is 581 g/mol. The number of rotatable bonds is 14. The molecule has 0 saturated carbocycles. The average Bonchev–Trinajstić information content (AvgIpc) is 2.94. The smallest absolute Gasteiger partial charge is 0.243 e. The zero-order chi connectivity index (χ0) is 30.0. The molecule has 0 spiro atoms. The highest BCUT2D eigenvalue weighted by molar-refractivity contribution is 7.92. The van der Waals surface area contributed by atoms with E-state index in [9.17, 15) is 18.0 Å². The van der Waals surface area contributed by atoms with E-state index >= 15 is 0 Å². The van der Waals surface area contributed by atoms with E-state index in [4.69, 9.17) is 23.2 Å². The number of benzene rings is 3. The van der Waals surface area contributed by atoms with Crippen LogP contribution in [0.2, 0.25) is 10.0 Å². The minimum Gasteiger partial charge on any atom is -0.352 e. The first-order valence-corrected chi connectivity index (χ1v) is 16.2. The number of sulfonamides is 1. The number of nitrogens with one attached hydrogen (secondary N) is 1. The first kappa shape index (κ1) is 32.4. The molecule has 0 unspecified atom stereocenters. The maximum absolute atomic E-state index is 13.9. The summed E-state index contributed by atoms with van der Waals surface area (Å²) in [5, 5.41) is 4.03. The van der Waals surface area contributed by atoms with E-state index in [0.29, 0.717) is 22.2 Å². The third-order valence-electron chi connectivity index (χ3n) is 6.84. The van der Waals surface area contributed by atoms with Crippen molar-refractivity contribution in [3.05, 3.63) is 100 Å². The van der Waals surface area contributed by atoms with Gasteiger partial charge in [0, 0.05) is 42.0 Å². The van der Waals surface area contributed by atoms with Crippen LogP contribution < -0.4 is 9.62 Å². The van der Waals surface area contributed by atoms with Crippen molar-refractivity contribution in [2.75, 3.05) is 17.1 Å². The molecule has 0 fully saturated rings. The summed E-state index contributed by atoms with van der Waals surface area (Å²) in [6, 6.07) is 22.4. The molecule has 2 atom stereocenters. The van der Waals surface area contributed by atoms with Crippen molar-refractivity contribution in [1.82, 2.24) is 10.2 Å². The van der Waals surface area contributed by atoms with Gasteiger partial charge in [0.2, 0.25) is 21.8 Å². The standard InChI is InChI=1S/C31H37Cl2N3O4S/c1-4-23(2)34-31(38)29(21-24-11-6-5-7-12-24)35(22-25-13-8-9-14-28(25)33)30(37)15-10-20-36(41(3,39)40)27-18-16-26(32)17-19-27/h5-9,11-14,16-19,23,29H,4,10,15,20-22H2,1-3H3,(H,34,38)/t23-,29-/m1/s1. The molecule has 0 saturated heterocycles. The van der Waals surface area contributed by atoms with Gasteiger partial charge in [0.05, 0.1) is 11.9 Å². The van der Waals surface area contributed by atoms with Crippen LogP contribution in [0.5, 0.6) is 0 Å². The number of halogens is 2. The first-order chi connectivity index (χ1) is 19.5. The van der Waals surface area contributed by atoms with Gasteiger partial charge in [-0.2, -0.15) is 0 Å². The number of nitrogens with zero attached hydrogens (tertiary/aromatic N) is 2. The van der Waals surface area contributed by atoms with Crippen molar-refractivity contribution in [3.8, 4) is 0 Å². The van der Waals surface area contributed by atoms with Gasteiger partial charge >= 0.3 is 0 Å². The minimum absolute atomic E-state index is 0.0337. The molecular formula is C31H37Cl2N3O4S. The fourth-order valence-electron chi connectivity index (χ4n) is 4.42. The Morgan fingerprint density at radius 3 is 2.17 bits per heavy atom. The lowest BCUT2D eigenvalue weighted by atomic mass is 10.0. The zero-order valence-corrected chi connectivity index (χ0v) is 25.9. The number of anilines is 1. The second-order valence-electron chi connectivity index (χ2n) is 10.1. The molecule has 0 aliphatic heterocycles. The first-order valence-electron chi connectivity index (χ1n) is 13.6. The summed E-state index contributed by atoms with van der Waals surface area (Å²) >= 11 is 12.5. The summed E-state index contributed by atoms with van der Waals surface area (Å²) in [6.07, 6.45) is 2.47. The number of hydrogen-bond donors (Lipinski definition) is 1. The molecule has 0 aliphatic rings. The molecule has 41 heavy (non-hydrogen) atoms. The van der Waals surface area contributed by atoms with Crippen molar-refractivity contribution in [2.24, 2.45) is 0 Å². The van der Waals surface area contributed by atoms with Crippen LogP contribution in [0.3, 0.4) is 0 Å². The van der Waals surface area contributed by atoms with E-state index in [1.54, 1.807) is 35.2 Å². The molecule has 7 nitrogen and oxygen atoms in total. The van der Waals surface area contributed by atoms with Crippen LogP contribution >= 0.6 is 23.2 Å². The van der Waals surface area contributed by atoms with Gasteiger partial charge in [-0.05, 0) is 61.2 Å². The van der Waals surface area contributed by atoms with Crippen LogP contribution in [0.4, 0.5) is 5.69 Å². The lowest BCUT2D eigenvalue weighted by Gasteiger charge is -2.33. The fourth-order valence-corrected chi connectivity index (χ4v) is 5.70. The van der Waals surface area contributed by atoms with Gasteiger partial charge in [-0.1, -0.05) is 78.7 Å². The maximum Gasteiger partial charge on any atom is 0.243 e. The Morgan fingerprint density at radius 1 is 0.927 bits per heavy atom. The highest BCUT2D eigenvalue weighted by Gasteiger charge is 2.31. The number of hydrogen-bond acceptors (Lipinski definition) is 4. The van der Waals surface area contributed by atoms with E-state index in [0.717, 1.165) is 23.8 Å². The molecule has 220 valence electrons. The molecule has 3 rings (SSSR count). The molecule has 10 heteroatoms. The molecule has 0 aromatic heterocycles. The van der Waals surface area contributed by atoms with Gasteiger partial charge < -0.3 is 10.2 Å². The predicted octanol–water partition coefficient (Wildman–Crippen LogP) is 6.09.